The number of rotatable bonds is 1. The van der Waals surface area contributed by atoms with Crippen LogP contribution < -0.4 is 5.32 Å². The largest absolute Gasteiger partial charge is 0.357 e. The SMILES string of the molecule is Fc1ccc(F)c(C2NCCc3c2[nH]c2ccc(F)cc32)c1. The van der Waals surface area contributed by atoms with Crippen LogP contribution in [0.5, 0.6) is 0 Å². The first-order valence-corrected chi connectivity index (χ1v) is 7.12. The van der Waals surface area contributed by atoms with Gasteiger partial charge in [-0.25, -0.2) is 13.2 Å². The molecule has 2 nitrogen and oxygen atoms in total. The van der Waals surface area contributed by atoms with Crippen LogP contribution in [0.3, 0.4) is 0 Å². The molecule has 22 heavy (non-hydrogen) atoms. The van der Waals surface area contributed by atoms with Crippen LogP contribution in [-0.2, 0) is 6.42 Å². The standard InChI is InChI=1S/C17H13F3N2/c18-9-1-3-14(20)13(8-9)16-17-11(5-6-21-16)12-7-10(19)2-4-15(12)22-17/h1-4,7-8,16,21-22H,5-6H2. The summed E-state index contributed by atoms with van der Waals surface area (Å²) in [4.78, 5) is 3.22. The average Bonchev–Trinajstić information content (AvgIpc) is 2.88. The number of aromatic amines is 1. The molecule has 1 aromatic heterocycles. The smallest absolute Gasteiger partial charge is 0.128 e. The Morgan fingerprint density at radius 1 is 0.955 bits per heavy atom. The average molecular weight is 302 g/mol. The maximum atomic E-state index is 14.1. The van der Waals surface area contributed by atoms with Gasteiger partial charge in [0.25, 0.3) is 0 Å². The Bertz CT molecular complexity index is 870. The molecule has 0 spiro atoms. The number of aromatic nitrogens is 1. The number of hydrogen-bond donors (Lipinski definition) is 2. The first kappa shape index (κ1) is 13.4. The van der Waals surface area contributed by atoms with Crippen LogP contribution in [-0.4, -0.2) is 11.5 Å². The lowest BCUT2D eigenvalue weighted by molar-refractivity contribution is 0.514. The fourth-order valence-electron chi connectivity index (χ4n) is 3.20. The normalized spacial score (nSPS) is 17.7. The van der Waals surface area contributed by atoms with E-state index < -0.39 is 17.7 Å². The third kappa shape index (κ3) is 2.01. The van der Waals surface area contributed by atoms with Crippen LogP contribution >= 0.6 is 0 Å². The molecule has 1 unspecified atom stereocenters. The lowest BCUT2D eigenvalue weighted by Crippen LogP contribution is -2.31. The van der Waals surface area contributed by atoms with E-state index in [-0.39, 0.29) is 11.4 Å². The van der Waals surface area contributed by atoms with Gasteiger partial charge in [0.15, 0.2) is 0 Å². The molecule has 0 radical (unpaired) electrons. The molecule has 0 bridgehead atoms. The maximum Gasteiger partial charge on any atom is 0.128 e. The zero-order valence-electron chi connectivity index (χ0n) is 11.6. The van der Waals surface area contributed by atoms with Gasteiger partial charge in [0.2, 0.25) is 0 Å². The lowest BCUT2D eigenvalue weighted by Gasteiger charge is -2.25. The third-order valence-electron chi connectivity index (χ3n) is 4.18. The summed E-state index contributed by atoms with van der Waals surface area (Å²) >= 11 is 0. The quantitative estimate of drug-likeness (QED) is 0.702. The van der Waals surface area contributed by atoms with E-state index >= 15 is 0 Å². The molecule has 0 saturated carbocycles. The number of halogens is 3. The van der Waals surface area contributed by atoms with Crippen molar-refractivity contribution in [3.05, 3.63) is 70.7 Å². The van der Waals surface area contributed by atoms with E-state index in [0.29, 0.717) is 13.0 Å². The summed E-state index contributed by atoms with van der Waals surface area (Å²) < 4.78 is 41.1. The van der Waals surface area contributed by atoms with E-state index in [1.165, 1.54) is 18.2 Å². The van der Waals surface area contributed by atoms with Crippen LogP contribution in [0.15, 0.2) is 36.4 Å². The van der Waals surface area contributed by atoms with Gasteiger partial charge in [-0.3, -0.25) is 0 Å². The summed E-state index contributed by atoms with van der Waals surface area (Å²) in [6.07, 6.45) is 0.715. The third-order valence-corrected chi connectivity index (χ3v) is 4.18. The lowest BCUT2D eigenvalue weighted by atomic mass is 9.94. The van der Waals surface area contributed by atoms with Gasteiger partial charge in [-0.15, -0.1) is 0 Å². The molecule has 1 atom stereocenters. The fraction of sp³-hybridized carbons (Fsp3) is 0.176. The van der Waals surface area contributed by atoms with Gasteiger partial charge in [-0.2, -0.15) is 0 Å². The summed E-state index contributed by atoms with van der Waals surface area (Å²) in [7, 11) is 0. The number of fused-ring (bicyclic) bond motifs is 3. The van der Waals surface area contributed by atoms with Gasteiger partial charge in [-0.1, -0.05) is 0 Å². The summed E-state index contributed by atoms with van der Waals surface area (Å²) in [6, 6.07) is 7.50. The topological polar surface area (TPSA) is 27.8 Å². The van der Waals surface area contributed by atoms with Crippen molar-refractivity contribution in [2.45, 2.75) is 12.5 Å². The summed E-state index contributed by atoms with van der Waals surface area (Å²) in [5.74, 6) is -1.25. The fourth-order valence-corrected chi connectivity index (χ4v) is 3.20. The number of nitrogens with one attached hydrogen (secondary N) is 2. The van der Waals surface area contributed by atoms with E-state index in [9.17, 15) is 13.2 Å². The Kier molecular flexibility index (Phi) is 2.97. The Morgan fingerprint density at radius 2 is 1.73 bits per heavy atom. The molecule has 112 valence electrons. The van der Waals surface area contributed by atoms with Gasteiger partial charge in [-0.05, 0) is 48.4 Å². The van der Waals surface area contributed by atoms with Gasteiger partial charge in [0.05, 0.1) is 6.04 Å². The molecule has 2 aromatic carbocycles. The van der Waals surface area contributed by atoms with Gasteiger partial charge >= 0.3 is 0 Å². The van der Waals surface area contributed by atoms with E-state index in [1.807, 2.05) is 0 Å². The highest BCUT2D eigenvalue weighted by Crippen LogP contribution is 2.34. The highest BCUT2D eigenvalue weighted by Gasteiger charge is 2.27. The minimum atomic E-state index is -0.479. The van der Waals surface area contributed by atoms with Gasteiger partial charge < -0.3 is 10.3 Å². The number of hydrogen-bond acceptors (Lipinski definition) is 1. The molecule has 5 heteroatoms. The minimum Gasteiger partial charge on any atom is -0.357 e. The highest BCUT2D eigenvalue weighted by atomic mass is 19.1. The van der Waals surface area contributed by atoms with E-state index in [4.69, 9.17) is 0 Å². The molecule has 3 aromatic rings. The Morgan fingerprint density at radius 3 is 2.59 bits per heavy atom. The van der Waals surface area contributed by atoms with Crippen molar-refractivity contribution < 1.29 is 13.2 Å². The second kappa shape index (κ2) is 4.88. The second-order valence-electron chi connectivity index (χ2n) is 5.51. The monoisotopic (exact) mass is 302 g/mol. The Balaban J connectivity index is 1.92. The molecule has 1 aliphatic rings. The summed E-state index contributed by atoms with van der Waals surface area (Å²) in [5.41, 5.74) is 2.79. The zero-order valence-corrected chi connectivity index (χ0v) is 11.6. The first-order valence-electron chi connectivity index (χ1n) is 7.12. The molecule has 4 rings (SSSR count). The van der Waals surface area contributed by atoms with Crippen LogP contribution in [0.2, 0.25) is 0 Å². The van der Waals surface area contributed by atoms with E-state index in [0.717, 1.165) is 34.3 Å². The van der Waals surface area contributed by atoms with Crippen LogP contribution in [0.25, 0.3) is 10.9 Å². The molecular formula is C17H13F3N2. The number of benzene rings is 2. The first-order chi connectivity index (χ1) is 10.6. The van der Waals surface area contributed by atoms with E-state index in [1.54, 1.807) is 6.07 Å². The van der Waals surface area contributed by atoms with Crippen molar-refractivity contribution in [1.29, 1.82) is 0 Å². The van der Waals surface area contributed by atoms with Crippen LogP contribution in [0.4, 0.5) is 13.2 Å². The van der Waals surface area contributed by atoms with Crippen molar-refractivity contribution in [1.82, 2.24) is 10.3 Å². The molecule has 0 aliphatic carbocycles. The molecule has 2 N–H and O–H groups in total. The Hall–Kier alpha value is -2.27. The van der Waals surface area contributed by atoms with Crippen molar-refractivity contribution in [3.63, 3.8) is 0 Å². The Labute approximate surface area is 125 Å². The predicted octanol–water partition coefficient (Wildman–Crippen LogP) is 3.82. The molecule has 0 amide bonds. The minimum absolute atomic E-state index is 0.257. The van der Waals surface area contributed by atoms with Crippen molar-refractivity contribution >= 4 is 10.9 Å². The van der Waals surface area contributed by atoms with E-state index in [2.05, 4.69) is 10.3 Å². The van der Waals surface area contributed by atoms with Crippen LogP contribution in [0, 0.1) is 17.5 Å². The predicted molar refractivity (Wildman–Crippen MR) is 78.2 cm³/mol. The number of H-pyrrole nitrogens is 1. The molecule has 0 saturated heterocycles. The zero-order chi connectivity index (χ0) is 15.3. The van der Waals surface area contributed by atoms with Gasteiger partial charge in [0.1, 0.15) is 17.5 Å². The molecule has 2 heterocycles. The summed E-state index contributed by atoms with van der Waals surface area (Å²) in [5, 5.41) is 4.01. The van der Waals surface area contributed by atoms with Crippen LogP contribution in [0.1, 0.15) is 22.9 Å². The summed E-state index contributed by atoms with van der Waals surface area (Å²) in [6.45, 7) is 0.622. The van der Waals surface area contributed by atoms with Crippen molar-refractivity contribution in [2.75, 3.05) is 6.54 Å². The molecule has 1 aliphatic heterocycles. The second-order valence-corrected chi connectivity index (χ2v) is 5.51. The van der Waals surface area contributed by atoms with Gasteiger partial charge in [0, 0.05) is 28.7 Å². The molecule has 0 fully saturated rings. The molecular weight excluding hydrogens is 289 g/mol. The maximum absolute atomic E-state index is 14.1. The van der Waals surface area contributed by atoms with Crippen molar-refractivity contribution in [3.8, 4) is 0 Å². The highest BCUT2D eigenvalue weighted by molar-refractivity contribution is 5.85. The van der Waals surface area contributed by atoms with Crippen molar-refractivity contribution in [2.24, 2.45) is 0 Å².